The summed E-state index contributed by atoms with van der Waals surface area (Å²) in [5.41, 5.74) is 1.70. The third-order valence-corrected chi connectivity index (χ3v) is 8.26. The largest absolute Gasteiger partial charge is 0.464 e. The summed E-state index contributed by atoms with van der Waals surface area (Å²) in [5, 5.41) is 5.10. The number of anilines is 1. The van der Waals surface area contributed by atoms with Crippen LogP contribution in [0.1, 0.15) is 17.4 Å². The van der Waals surface area contributed by atoms with Crippen molar-refractivity contribution in [3.8, 4) is 11.3 Å². The highest BCUT2D eigenvalue weighted by atomic mass is 32.2. The van der Waals surface area contributed by atoms with Gasteiger partial charge < -0.3 is 19.9 Å². The first-order chi connectivity index (χ1) is 13.4. The standard InChI is InChI=1S/C17H18N4O4S3/c1-17-8-26-7-13(22)21(17)12(6-28-17)14(23)20-16-19-11(5-27-16)9-3-10(18-4-9)15(24)25-2/h3-5,12,18H,6-8H2,1-2H3,(H,19,20,23)/t12-,17+/m1/s1. The number of nitrogens with zero attached hydrogens (tertiary/aromatic N) is 2. The molecular weight excluding hydrogens is 420 g/mol. The number of carbonyl (C=O) groups excluding carboxylic acids is 3. The lowest BCUT2D eigenvalue weighted by Gasteiger charge is -2.40. The fourth-order valence-electron chi connectivity index (χ4n) is 3.29. The molecule has 0 unspecified atom stereocenters. The fraction of sp³-hybridized carbons (Fsp3) is 0.412. The zero-order valence-corrected chi connectivity index (χ0v) is 17.6. The normalized spacial score (nSPS) is 24.1. The Morgan fingerprint density at radius 1 is 1.46 bits per heavy atom. The van der Waals surface area contributed by atoms with Crippen LogP contribution >= 0.6 is 34.9 Å². The molecule has 2 amide bonds. The van der Waals surface area contributed by atoms with E-state index in [1.807, 2.05) is 6.92 Å². The minimum atomic E-state index is -0.492. The van der Waals surface area contributed by atoms with Gasteiger partial charge in [0, 0.05) is 28.6 Å². The van der Waals surface area contributed by atoms with E-state index < -0.39 is 12.0 Å². The van der Waals surface area contributed by atoms with Crippen LogP contribution in [0.3, 0.4) is 0 Å². The summed E-state index contributed by atoms with van der Waals surface area (Å²) in [4.78, 5) is 45.4. The van der Waals surface area contributed by atoms with Gasteiger partial charge in [-0.05, 0) is 13.0 Å². The number of aromatic nitrogens is 2. The van der Waals surface area contributed by atoms with Gasteiger partial charge in [0.25, 0.3) is 0 Å². The maximum atomic E-state index is 12.8. The van der Waals surface area contributed by atoms with Crippen LogP contribution in [0.15, 0.2) is 17.6 Å². The predicted molar refractivity (Wildman–Crippen MR) is 111 cm³/mol. The fourth-order valence-corrected chi connectivity index (χ4v) is 6.72. The second-order valence-electron chi connectivity index (χ2n) is 6.58. The van der Waals surface area contributed by atoms with Gasteiger partial charge in [-0.1, -0.05) is 0 Å². The van der Waals surface area contributed by atoms with Crippen molar-refractivity contribution < 1.29 is 19.1 Å². The number of hydrogen-bond donors (Lipinski definition) is 2. The summed E-state index contributed by atoms with van der Waals surface area (Å²) in [6.45, 7) is 2.02. The van der Waals surface area contributed by atoms with Gasteiger partial charge in [0.2, 0.25) is 11.8 Å². The van der Waals surface area contributed by atoms with E-state index in [1.165, 1.54) is 18.4 Å². The van der Waals surface area contributed by atoms with Crippen molar-refractivity contribution >= 4 is 57.8 Å². The zero-order valence-electron chi connectivity index (χ0n) is 15.2. The molecule has 0 radical (unpaired) electrons. The summed E-state index contributed by atoms with van der Waals surface area (Å²) < 4.78 is 4.68. The van der Waals surface area contributed by atoms with E-state index in [0.717, 1.165) is 11.3 Å². The Balaban J connectivity index is 1.47. The summed E-state index contributed by atoms with van der Waals surface area (Å²) >= 11 is 4.56. The molecule has 2 aliphatic rings. The number of esters is 1. The molecule has 0 aromatic carbocycles. The topological polar surface area (TPSA) is 104 Å². The van der Waals surface area contributed by atoms with Crippen LogP contribution in [0.2, 0.25) is 0 Å². The highest BCUT2D eigenvalue weighted by Gasteiger charge is 2.51. The predicted octanol–water partition coefficient (Wildman–Crippen LogP) is 2.27. The Morgan fingerprint density at radius 3 is 3.07 bits per heavy atom. The number of nitrogens with one attached hydrogen (secondary N) is 2. The third-order valence-electron chi connectivity index (χ3n) is 4.66. The number of aromatic amines is 1. The lowest BCUT2D eigenvalue weighted by atomic mass is 10.2. The van der Waals surface area contributed by atoms with E-state index in [4.69, 9.17) is 0 Å². The molecule has 0 bridgehead atoms. The molecule has 148 valence electrons. The number of thioether (sulfide) groups is 2. The highest BCUT2D eigenvalue weighted by molar-refractivity contribution is 8.04. The second kappa shape index (κ2) is 7.45. The average molecular weight is 439 g/mol. The monoisotopic (exact) mass is 438 g/mol. The molecular formula is C17H18N4O4S3. The first kappa shape index (κ1) is 19.3. The number of amides is 2. The van der Waals surface area contributed by atoms with Gasteiger partial charge in [-0.25, -0.2) is 9.78 Å². The number of methoxy groups -OCH3 is 1. The molecule has 4 rings (SSSR count). The molecule has 11 heteroatoms. The summed E-state index contributed by atoms with van der Waals surface area (Å²) in [6.07, 6.45) is 1.66. The van der Waals surface area contributed by atoms with Crippen molar-refractivity contribution in [2.24, 2.45) is 0 Å². The van der Waals surface area contributed by atoms with E-state index in [1.54, 1.807) is 46.1 Å². The van der Waals surface area contributed by atoms with Crippen molar-refractivity contribution in [1.29, 1.82) is 0 Å². The molecule has 2 aromatic rings. The van der Waals surface area contributed by atoms with Gasteiger partial charge in [0.15, 0.2) is 5.13 Å². The first-order valence-electron chi connectivity index (χ1n) is 8.48. The van der Waals surface area contributed by atoms with Gasteiger partial charge in [-0.3, -0.25) is 9.59 Å². The summed E-state index contributed by atoms with van der Waals surface area (Å²) in [6, 6.07) is 1.16. The Kier molecular flexibility index (Phi) is 5.15. The lowest BCUT2D eigenvalue weighted by Crippen LogP contribution is -2.56. The van der Waals surface area contributed by atoms with Crippen molar-refractivity contribution in [1.82, 2.24) is 14.9 Å². The number of fused-ring (bicyclic) bond motifs is 1. The van der Waals surface area contributed by atoms with Gasteiger partial charge in [0.05, 0.1) is 23.4 Å². The van der Waals surface area contributed by atoms with E-state index in [2.05, 4.69) is 20.0 Å². The molecule has 0 saturated carbocycles. The van der Waals surface area contributed by atoms with E-state index in [-0.39, 0.29) is 16.7 Å². The van der Waals surface area contributed by atoms with E-state index in [9.17, 15) is 14.4 Å². The van der Waals surface area contributed by atoms with E-state index in [0.29, 0.717) is 28.0 Å². The maximum Gasteiger partial charge on any atom is 0.354 e. The smallest absolute Gasteiger partial charge is 0.354 e. The molecule has 2 aromatic heterocycles. The third kappa shape index (κ3) is 3.42. The van der Waals surface area contributed by atoms with Crippen LogP contribution in [-0.2, 0) is 14.3 Å². The second-order valence-corrected chi connectivity index (χ2v) is 9.92. The van der Waals surface area contributed by atoms with Crippen LogP contribution in [0.4, 0.5) is 5.13 Å². The number of carbonyl (C=O) groups is 3. The maximum absolute atomic E-state index is 12.8. The van der Waals surface area contributed by atoms with Crippen LogP contribution in [0.25, 0.3) is 11.3 Å². The lowest BCUT2D eigenvalue weighted by molar-refractivity contribution is -0.138. The number of thiazole rings is 1. The molecule has 8 nitrogen and oxygen atoms in total. The quantitative estimate of drug-likeness (QED) is 0.706. The van der Waals surface area contributed by atoms with Crippen molar-refractivity contribution in [2.45, 2.75) is 17.8 Å². The molecule has 0 spiro atoms. The minimum Gasteiger partial charge on any atom is -0.464 e. The molecule has 0 aliphatic carbocycles. The van der Waals surface area contributed by atoms with Gasteiger partial charge in [-0.15, -0.1) is 34.9 Å². The van der Waals surface area contributed by atoms with Gasteiger partial charge >= 0.3 is 5.97 Å². The Morgan fingerprint density at radius 2 is 2.29 bits per heavy atom. The van der Waals surface area contributed by atoms with Crippen LogP contribution in [0.5, 0.6) is 0 Å². The van der Waals surface area contributed by atoms with Crippen molar-refractivity contribution in [3.63, 3.8) is 0 Å². The van der Waals surface area contributed by atoms with Crippen molar-refractivity contribution in [2.75, 3.05) is 29.7 Å². The van der Waals surface area contributed by atoms with Crippen LogP contribution < -0.4 is 5.32 Å². The molecule has 28 heavy (non-hydrogen) atoms. The molecule has 2 aliphatic heterocycles. The van der Waals surface area contributed by atoms with Crippen LogP contribution in [-0.4, -0.2) is 67.9 Å². The Hall–Kier alpha value is -1.98. The highest BCUT2D eigenvalue weighted by Crippen LogP contribution is 2.44. The zero-order chi connectivity index (χ0) is 19.9. The minimum absolute atomic E-state index is 0.00592. The number of H-pyrrole nitrogens is 1. The average Bonchev–Trinajstić information content (AvgIpc) is 3.38. The Bertz CT molecular complexity index is 942. The number of ether oxygens (including phenoxy) is 1. The Labute approximate surface area is 173 Å². The molecule has 2 N–H and O–H groups in total. The molecule has 2 fully saturated rings. The van der Waals surface area contributed by atoms with E-state index >= 15 is 0 Å². The van der Waals surface area contributed by atoms with Gasteiger partial charge in [-0.2, -0.15) is 0 Å². The van der Waals surface area contributed by atoms with Gasteiger partial charge in [0.1, 0.15) is 11.7 Å². The number of rotatable bonds is 4. The summed E-state index contributed by atoms with van der Waals surface area (Å²) in [7, 11) is 1.32. The first-order valence-corrected chi connectivity index (χ1v) is 11.5. The molecule has 2 atom stereocenters. The van der Waals surface area contributed by atoms with Crippen molar-refractivity contribution in [3.05, 3.63) is 23.3 Å². The molecule has 2 saturated heterocycles. The molecule has 4 heterocycles. The number of hydrogen-bond acceptors (Lipinski definition) is 8. The van der Waals surface area contributed by atoms with Crippen LogP contribution in [0, 0.1) is 0 Å². The summed E-state index contributed by atoms with van der Waals surface area (Å²) in [5.74, 6) is 1.14. The SMILES string of the molecule is COC(=O)c1cc(-c2csc(NC(=O)[C@H]3CS[C@@]4(C)CSCC(=O)N34)n2)c[nH]1.